The molecule has 7 heteroatoms. The quantitative estimate of drug-likeness (QED) is 0.539. The Kier molecular flexibility index (Phi) is 6.29. The minimum atomic E-state index is -0.0582. The van der Waals surface area contributed by atoms with E-state index < -0.39 is 0 Å². The molecule has 5 nitrogen and oxygen atoms in total. The Morgan fingerprint density at radius 2 is 2.00 bits per heavy atom. The summed E-state index contributed by atoms with van der Waals surface area (Å²) in [5.41, 5.74) is 4.77. The van der Waals surface area contributed by atoms with E-state index in [1.807, 2.05) is 31.2 Å². The van der Waals surface area contributed by atoms with Crippen LogP contribution in [0.1, 0.15) is 19.4 Å². The van der Waals surface area contributed by atoms with Gasteiger partial charge in [0.25, 0.3) is 0 Å². The van der Waals surface area contributed by atoms with Crippen LogP contribution < -0.4 is 10.2 Å². The molecule has 0 unspecified atom stereocenters. The summed E-state index contributed by atoms with van der Waals surface area (Å²) >= 11 is 7.36. The molecule has 0 atom stereocenters. The molecule has 2 N–H and O–H groups in total. The zero-order chi connectivity index (χ0) is 19.4. The second-order valence-electron chi connectivity index (χ2n) is 6.21. The van der Waals surface area contributed by atoms with E-state index in [9.17, 15) is 4.79 Å². The van der Waals surface area contributed by atoms with Gasteiger partial charge in [-0.1, -0.05) is 23.4 Å². The Labute approximate surface area is 168 Å². The SMILES string of the molecule is CCN(CC)c1ccc(NC(=O)CSc2nc3ccc(Cl)cc3[nH]2)c(C)c1. The molecule has 0 fully saturated rings. The number of halogens is 1. The highest BCUT2D eigenvalue weighted by atomic mass is 35.5. The van der Waals surface area contributed by atoms with Crippen LogP contribution in [0.15, 0.2) is 41.6 Å². The molecule has 0 aliphatic carbocycles. The number of nitrogens with one attached hydrogen (secondary N) is 2. The maximum absolute atomic E-state index is 12.3. The van der Waals surface area contributed by atoms with Gasteiger partial charge in [-0.25, -0.2) is 4.98 Å². The molecule has 0 saturated carbocycles. The van der Waals surface area contributed by atoms with Gasteiger partial charge in [-0.15, -0.1) is 0 Å². The number of rotatable bonds is 7. The summed E-state index contributed by atoms with van der Waals surface area (Å²) < 4.78 is 0. The Hall–Kier alpha value is -2.18. The first-order chi connectivity index (χ1) is 13.0. The summed E-state index contributed by atoms with van der Waals surface area (Å²) in [5, 5.41) is 4.35. The van der Waals surface area contributed by atoms with Crippen LogP contribution in [-0.2, 0) is 4.79 Å². The maximum atomic E-state index is 12.3. The molecule has 3 aromatic rings. The first-order valence-electron chi connectivity index (χ1n) is 8.93. The number of aromatic nitrogens is 2. The fraction of sp³-hybridized carbons (Fsp3) is 0.300. The molecule has 1 heterocycles. The lowest BCUT2D eigenvalue weighted by Crippen LogP contribution is -2.22. The van der Waals surface area contributed by atoms with Gasteiger partial charge in [0.15, 0.2) is 5.16 Å². The van der Waals surface area contributed by atoms with Crippen LogP contribution in [0.25, 0.3) is 11.0 Å². The molecule has 0 bridgehead atoms. The molecular formula is C20H23ClN4OS. The van der Waals surface area contributed by atoms with Gasteiger partial charge in [-0.05, 0) is 62.7 Å². The lowest BCUT2D eigenvalue weighted by atomic mass is 10.1. The standard InChI is InChI=1S/C20H23ClN4OS/c1-4-25(5-2)15-7-9-16(13(3)10-15)22-19(26)12-27-20-23-17-8-6-14(21)11-18(17)24-20/h6-11H,4-5,12H2,1-3H3,(H,22,26)(H,23,24). The third-order valence-electron chi connectivity index (χ3n) is 4.37. The molecule has 0 aliphatic heterocycles. The van der Waals surface area contributed by atoms with Crippen LogP contribution in [0.2, 0.25) is 5.02 Å². The van der Waals surface area contributed by atoms with Crippen molar-refractivity contribution < 1.29 is 4.79 Å². The van der Waals surface area contributed by atoms with Gasteiger partial charge < -0.3 is 15.2 Å². The Morgan fingerprint density at radius 1 is 1.22 bits per heavy atom. The zero-order valence-electron chi connectivity index (χ0n) is 15.7. The van der Waals surface area contributed by atoms with E-state index in [0.29, 0.717) is 10.2 Å². The number of benzene rings is 2. The fourth-order valence-electron chi connectivity index (χ4n) is 2.92. The second kappa shape index (κ2) is 8.67. The van der Waals surface area contributed by atoms with Crippen molar-refractivity contribution >= 4 is 51.7 Å². The highest BCUT2D eigenvalue weighted by Crippen LogP contribution is 2.24. The molecule has 1 amide bonds. The number of H-pyrrole nitrogens is 1. The summed E-state index contributed by atoms with van der Waals surface area (Å²) in [4.78, 5) is 22.3. The number of aryl methyl sites for hydroxylation is 1. The largest absolute Gasteiger partial charge is 0.372 e. The van der Waals surface area contributed by atoms with Crippen molar-refractivity contribution in [2.75, 3.05) is 29.1 Å². The summed E-state index contributed by atoms with van der Waals surface area (Å²) in [6.07, 6.45) is 0. The van der Waals surface area contributed by atoms with Crippen LogP contribution in [0.5, 0.6) is 0 Å². The Bertz CT molecular complexity index is 952. The summed E-state index contributed by atoms with van der Waals surface area (Å²) in [6, 6.07) is 11.6. The molecule has 0 spiro atoms. The van der Waals surface area contributed by atoms with E-state index in [1.165, 1.54) is 17.4 Å². The van der Waals surface area contributed by atoms with E-state index >= 15 is 0 Å². The van der Waals surface area contributed by atoms with E-state index in [4.69, 9.17) is 11.6 Å². The van der Waals surface area contributed by atoms with Crippen molar-refractivity contribution in [2.45, 2.75) is 25.9 Å². The number of imidazole rings is 1. The van der Waals surface area contributed by atoms with Crippen LogP contribution in [0, 0.1) is 6.92 Å². The molecule has 0 aliphatic rings. The molecule has 2 aromatic carbocycles. The summed E-state index contributed by atoms with van der Waals surface area (Å²) in [6.45, 7) is 8.20. The van der Waals surface area contributed by atoms with Crippen molar-refractivity contribution in [1.29, 1.82) is 0 Å². The minimum absolute atomic E-state index is 0.0582. The Morgan fingerprint density at radius 3 is 2.70 bits per heavy atom. The average Bonchev–Trinajstić information content (AvgIpc) is 3.05. The molecule has 0 radical (unpaired) electrons. The van der Waals surface area contributed by atoms with Crippen molar-refractivity contribution in [3.05, 3.63) is 47.0 Å². The summed E-state index contributed by atoms with van der Waals surface area (Å²) in [5.74, 6) is 0.224. The van der Waals surface area contributed by atoms with Crippen molar-refractivity contribution in [2.24, 2.45) is 0 Å². The molecule has 1 aromatic heterocycles. The van der Waals surface area contributed by atoms with E-state index in [2.05, 4.69) is 40.1 Å². The van der Waals surface area contributed by atoms with Gasteiger partial charge in [0.1, 0.15) is 0 Å². The Balaban J connectivity index is 1.61. The monoisotopic (exact) mass is 402 g/mol. The summed E-state index contributed by atoms with van der Waals surface area (Å²) in [7, 11) is 0. The number of fused-ring (bicyclic) bond motifs is 1. The van der Waals surface area contributed by atoms with Crippen LogP contribution >= 0.6 is 23.4 Å². The third-order valence-corrected chi connectivity index (χ3v) is 5.48. The predicted octanol–water partition coefficient (Wildman–Crippen LogP) is 5.10. The first-order valence-corrected chi connectivity index (χ1v) is 10.3. The topological polar surface area (TPSA) is 61.0 Å². The number of thioether (sulfide) groups is 1. The van der Waals surface area contributed by atoms with Crippen LogP contribution in [0.3, 0.4) is 0 Å². The lowest BCUT2D eigenvalue weighted by Gasteiger charge is -2.22. The lowest BCUT2D eigenvalue weighted by molar-refractivity contribution is -0.113. The number of hydrogen-bond acceptors (Lipinski definition) is 4. The molecule has 0 saturated heterocycles. The van der Waals surface area contributed by atoms with Crippen molar-refractivity contribution in [1.82, 2.24) is 9.97 Å². The van der Waals surface area contributed by atoms with E-state index in [0.717, 1.165) is 35.4 Å². The van der Waals surface area contributed by atoms with Gasteiger partial charge in [-0.2, -0.15) is 0 Å². The smallest absolute Gasteiger partial charge is 0.234 e. The fourth-order valence-corrected chi connectivity index (χ4v) is 3.78. The second-order valence-corrected chi connectivity index (χ2v) is 7.61. The minimum Gasteiger partial charge on any atom is -0.372 e. The van der Waals surface area contributed by atoms with Crippen molar-refractivity contribution in [3.63, 3.8) is 0 Å². The van der Waals surface area contributed by atoms with E-state index in [-0.39, 0.29) is 11.7 Å². The molecule has 3 rings (SSSR count). The van der Waals surface area contributed by atoms with Crippen LogP contribution in [0.4, 0.5) is 11.4 Å². The highest BCUT2D eigenvalue weighted by Gasteiger charge is 2.10. The average molecular weight is 403 g/mol. The number of carbonyl (C=O) groups is 1. The molecule has 27 heavy (non-hydrogen) atoms. The number of aromatic amines is 1. The van der Waals surface area contributed by atoms with Gasteiger partial charge in [-0.3, -0.25) is 4.79 Å². The zero-order valence-corrected chi connectivity index (χ0v) is 17.2. The number of anilines is 2. The number of hydrogen-bond donors (Lipinski definition) is 2. The third kappa shape index (κ3) is 4.76. The first kappa shape index (κ1) is 19.6. The van der Waals surface area contributed by atoms with E-state index in [1.54, 1.807) is 6.07 Å². The maximum Gasteiger partial charge on any atom is 0.234 e. The van der Waals surface area contributed by atoms with Gasteiger partial charge >= 0.3 is 0 Å². The van der Waals surface area contributed by atoms with Gasteiger partial charge in [0.2, 0.25) is 5.91 Å². The van der Waals surface area contributed by atoms with Crippen LogP contribution in [-0.4, -0.2) is 34.7 Å². The van der Waals surface area contributed by atoms with Gasteiger partial charge in [0.05, 0.1) is 16.8 Å². The predicted molar refractivity (Wildman–Crippen MR) is 115 cm³/mol. The normalized spacial score (nSPS) is 11.0. The number of nitrogens with zero attached hydrogens (tertiary/aromatic N) is 2. The molecular weight excluding hydrogens is 380 g/mol. The molecule has 142 valence electrons. The highest BCUT2D eigenvalue weighted by molar-refractivity contribution is 7.99. The number of amides is 1. The number of carbonyl (C=O) groups excluding carboxylic acids is 1. The van der Waals surface area contributed by atoms with Crippen molar-refractivity contribution in [3.8, 4) is 0 Å². The van der Waals surface area contributed by atoms with Gasteiger partial charge in [0, 0.05) is 29.5 Å².